The number of hydrogen-bond acceptors (Lipinski definition) is 6. The first-order chi connectivity index (χ1) is 17.3. The molecule has 2 saturated heterocycles. The number of hydrogen-bond donors (Lipinski definition) is 3. The molecule has 3 aromatic rings. The van der Waals surface area contributed by atoms with Crippen LogP contribution in [0.3, 0.4) is 0 Å². The maximum absolute atomic E-state index is 13.1. The minimum absolute atomic E-state index is 0.0732. The summed E-state index contributed by atoms with van der Waals surface area (Å²) in [5.74, 6) is -2.16. The lowest BCUT2D eigenvalue weighted by Crippen LogP contribution is -2.54. The van der Waals surface area contributed by atoms with Crippen molar-refractivity contribution in [2.45, 2.75) is 43.9 Å². The number of para-hydroxylation sites is 1. The van der Waals surface area contributed by atoms with Crippen molar-refractivity contribution in [1.29, 1.82) is 0 Å². The van der Waals surface area contributed by atoms with Crippen LogP contribution in [0.1, 0.15) is 57.7 Å². The number of H-pyrrole nitrogens is 1. The Morgan fingerprint density at radius 1 is 0.944 bits per heavy atom. The standard InChI is InChI=1S/C27H26N4O5/c32-23-8-7-22(24(33)29-23)31-25(34)19-6-5-17(14-20(19)26(31)35)27(36)9-11-30(12-10-27)15-18-13-16-3-1-2-4-21(16)28-18/h1-6,13-14,22,28,36H,7-12,15H2,(H,29,32,33). The molecule has 2 aromatic carbocycles. The van der Waals surface area contributed by atoms with Crippen LogP contribution in [0.25, 0.3) is 10.9 Å². The zero-order valence-corrected chi connectivity index (χ0v) is 19.6. The molecule has 4 amide bonds. The summed E-state index contributed by atoms with van der Waals surface area (Å²) < 4.78 is 0. The number of nitrogens with zero attached hydrogens (tertiary/aromatic N) is 2. The van der Waals surface area contributed by atoms with Crippen molar-refractivity contribution >= 4 is 34.5 Å². The van der Waals surface area contributed by atoms with Crippen LogP contribution >= 0.6 is 0 Å². The number of fused-ring (bicyclic) bond motifs is 2. The molecule has 1 aromatic heterocycles. The Morgan fingerprint density at radius 2 is 1.69 bits per heavy atom. The Bertz CT molecular complexity index is 1390. The highest BCUT2D eigenvalue weighted by atomic mass is 16.3. The van der Waals surface area contributed by atoms with E-state index in [1.807, 2.05) is 12.1 Å². The van der Waals surface area contributed by atoms with Gasteiger partial charge in [0.25, 0.3) is 11.8 Å². The van der Waals surface area contributed by atoms with Gasteiger partial charge in [-0.05, 0) is 54.5 Å². The Morgan fingerprint density at radius 3 is 2.44 bits per heavy atom. The molecule has 2 fully saturated rings. The molecule has 9 heteroatoms. The number of aromatic amines is 1. The molecule has 4 heterocycles. The number of nitrogens with one attached hydrogen (secondary N) is 2. The maximum Gasteiger partial charge on any atom is 0.262 e. The molecule has 0 aliphatic carbocycles. The van der Waals surface area contributed by atoms with Gasteiger partial charge in [-0.25, -0.2) is 0 Å². The van der Waals surface area contributed by atoms with E-state index >= 15 is 0 Å². The second-order valence-corrected chi connectivity index (χ2v) is 9.90. The highest BCUT2D eigenvalue weighted by molar-refractivity contribution is 6.23. The van der Waals surface area contributed by atoms with Crippen LogP contribution in [0.5, 0.6) is 0 Å². The monoisotopic (exact) mass is 486 g/mol. The highest BCUT2D eigenvalue weighted by Crippen LogP contribution is 2.37. The molecular formula is C27H26N4O5. The summed E-state index contributed by atoms with van der Waals surface area (Å²) in [4.78, 5) is 56.5. The summed E-state index contributed by atoms with van der Waals surface area (Å²) in [6.45, 7) is 2.11. The summed E-state index contributed by atoms with van der Waals surface area (Å²) in [5.41, 5.74) is 2.11. The number of rotatable bonds is 4. The lowest BCUT2D eigenvalue weighted by atomic mass is 9.83. The molecule has 3 aliphatic heterocycles. The number of amides is 4. The lowest BCUT2D eigenvalue weighted by molar-refractivity contribution is -0.136. The van der Waals surface area contributed by atoms with Crippen molar-refractivity contribution in [1.82, 2.24) is 20.1 Å². The molecule has 0 bridgehead atoms. The third-order valence-electron chi connectivity index (χ3n) is 7.64. The van der Waals surface area contributed by atoms with Gasteiger partial charge in [-0.1, -0.05) is 24.3 Å². The molecule has 36 heavy (non-hydrogen) atoms. The summed E-state index contributed by atoms with van der Waals surface area (Å²) in [5, 5.41) is 14.8. The van der Waals surface area contributed by atoms with Gasteiger partial charge < -0.3 is 10.1 Å². The molecule has 0 radical (unpaired) electrons. The maximum atomic E-state index is 13.1. The van der Waals surface area contributed by atoms with E-state index < -0.39 is 35.3 Å². The van der Waals surface area contributed by atoms with E-state index in [1.165, 1.54) is 5.39 Å². The third-order valence-corrected chi connectivity index (χ3v) is 7.64. The van der Waals surface area contributed by atoms with Crippen LogP contribution in [0.15, 0.2) is 48.5 Å². The predicted molar refractivity (Wildman–Crippen MR) is 130 cm³/mol. The third kappa shape index (κ3) is 3.71. The van der Waals surface area contributed by atoms with Crippen LogP contribution in [0.2, 0.25) is 0 Å². The largest absolute Gasteiger partial charge is 0.385 e. The van der Waals surface area contributed by atoms with E-state index in [-0.39, 0.29) is 24.0 Å². The Labute approximate surface area is 207 Å². The first kappa shape index (κ1) is 22.6. The first-order valence-electron chi connectivity index (χ1n) is 12.2. The number of carbonyl (C=O) groups is 4. The number of imide groups is 2. The number of piperidine rings is 2. The second kappa shape index (κ2) is 8.39. The molecule has 1 atom stereocenters. The summed E-state index contributed by atoms with van der Waals surface area (Å²) in [6, 6.07) is 14.1. The summed E-state index contributed by atoms with van der Waals surface area (Å²) >= 11 is 0. The van der Waals surface area contributed by atoms with E-state index in [0.29, 0.717) is 31.5 Å². The first-order valence-corrected chi connectivity index (χ1v) is 12.2. The van der Waals surface area contributed by atoms with Gasteiger partial charge in [0.15, 0.2) is 0 Å². The van der Waals surface area contributed by atoms with Crippen molar-refractivity contribution in [3.8, 4) is 0 Å². The predicted octanol–water partition coefficient (Wildman–Crippen LogP) is 2.05. The smallest absolute Gasteiger partial charge is 0.262 e. The number of likely N-dealkylation sites (tertiary alicyclic amines) is 1. The van der Waals surface area contributed by atoms with Gasteiger partial charge in [-0.15, -0.1) is 0 Å². The molecule has 0 saturated carbocycles. The topological polar surface area (TPSA) is 123 Å². The van der Waals surface area contributed by atoms with Crippen molar-refractivity contribution in [3.05, 3.63) is 70.9 Å². The minimum atomic E-state index is -1.11. The average molecular weight is 487 g/mol. The molecule has 9 nitrogen and oxygen atoms in total. The average Bonchev–Trinajstić information content (AvgIpc) is 3.39. The van der Waals surface area contributed by atoms with Crippen molar-refractivity contribution in [2.75, 3.05) is 13.1 Å². The van der Waals surface area contributed by atoms with Crippen molar-refractivity contribution < 1.29 is 24.3 Å². The molecule has 3 N–H and O–H groups in total. The van der Waals surface area contributed by atoms with Crippen molar-refractivity contribution in [3.63, 3.8) is 0 Å². The Kier molecular flexibility index (Phi) is 5.27. The van der Waals surface area contributed by atoms with Gasteiger partial charge in [0.2, 0.25) is 11.8 Å². The highest BCUT2D eigenvalue weighted by Gasteiger charge is 2.45. The van der Waals surface area contributed by atoms with Crippen molar-refractivity contribution in [2.24, 2.45) is 0 Å². The van der Waals surface area contributed by atoms with E-state index in [2.05, 4.69) is 33.4 Å². The zero-order valence-electron chi connectivity index (χ0n) is 19.6. The quantitative estimate of drug-likeness (QED) is 0.485. The number of aliphatic hydroxyl groups is 1. The summed E-state index contributed by atoms with van der Waals surface area (Å²) in [7, 11) is 0. The normalized spacial score (nSPS) is 22.2. The van der Waals surface area contributed by atoms with Crippen LogP contribution in [-0.2, 0) is 21.7 Å². The molecule has 184 valence electrons. The van der Waals surface area contributed by atoms with E-state index in [0.717, 1.165) is 22.7 Å². The molecular weight excluding hydrogens is 460 g/mol. The molecule has 6 rings (SSSR count). The van der Waals surface area contributed by atoms with Gasteiger partial charge in [-0.3, -0.25) is 34.3 Å². The second-order valence-electron chi connectivity index (χ2n) is 9.90. The fourth-order valence-corrected chi connectivity index (χ4v) is 5.59. The van der Waals surface area contributed by atoms with E-state index in [4.69, 9.17) is 0 Å². The van der Waals surface area contributed by atoms with Gasteiger partial charge >= 0.3 is 0 Å². The number of carbonyl (C=O) groups excluding carboxylic acids is 4. The number of aromatic nitrogens is 1. The number of benzene rings is 2. The van der Waals surface area contributed by atoms with Gasteiger partial charge in [0.05, 0.1) is 16.7 Å². The molecule has 0 spiro atoms. The van der Waals surface area contributed by atoms with E-state index in [1.54, 1.807) is 18.2 Å². The minimum Gasteiger partial charge on any atom is -0.385 e. The lowest BCUT2D eigenvalue weighted by Gasteiger charge is -2.38. The van der Waals surface area contributed by atoms with Gasteiger partial charge in [0.1, 0.15) is 6.04 Å². The van der Waals surface area contributed by atoms with Crippen LogP contribution < -0.4 is 5.32 Å². The van der Waals surface area contributed by atoms with Gasteiger partial charge in [-0.2, -0.15) is 0 Å². The van der Waals surface area contributed by atoms with Crippen LogP contribution in [-0.4, -0.2) is 62.7 Å². The fourth-order valence-electron chi connectivity index (χ4n) is 5.59. The summed E-state index contributed by atoms with van der Waals surface area (Å²) in [6.07, 6.45) is 1.17. The van der Waals surface area contributed by atoms with Gasteiger partial charge in [0, 0.05) is 37.3 Å². The Balaban J connectivity index is 1.17. The zero-order chi connectivity index (χ0) is 25.0. The van der Waals surface area contributed by atoms with Crippen LogP contribution in [0.4, 0.5) is 0 Å². The molecule has 1 unspecified atom stereocenters. The van der Waals surface area contributed by atoms with E-state index in [9.17, 15) is 24.3 Å². The van der Waals surface area contributed by atoms with Crippen LogP contribution in [0, 0.1) is 0 Å². The Hall–Kier alpha value is -3.82. The molecule has 3 aliphatic rings. The SMILES string of the molecule is O=C1CCC(N2C(=O)c3ccc(C4(O)CCN(Cc5cc6ccccc6[nH]5)CC4)cc3C2=O)C(=O)N1. The fraction of sp³-hybridized carbons (Fsp3) is 0.333.